The standard InChI is InChI=1S/C19H22N2O8/c1-25-14-6-5-13(21(23)24)8-18(14)29-11-19(22)20-10-12-7-16(27-3)17(28-4)9-15(12)26-2/h5-9H,10-11H2,1-4H3,(H,20,22). The number of hydrogen-bond donors (Lipinski definition) is 1. The Hall–Kier alpha value is -3.69. The van der Waals surface area contributed by atoms with Crippen molar-refractivity contribution in [3.63, 3.8) is 0 Å². The molecule has 156 valence electrons. The van der Waals surface area contributed by atoms with Crippen molar-refractivity contribution in [3.8, 4) is 28.7 Å². The number of non-ortho nitro benzene ring substituents is 1. The highest BCUT2D eigenvalue weighted by Crippen LogP contribution is 2.34. The zero-order valence-electron chi connectivity index (χ0n) is 16.5. The minimum absolute atomic E-state index is 0.0977. The smallest absolute Gasteiger partial charge is 0.273 e. The average molecular weight is 406 g/mol. The lowest BCUT2D eigenvalue weighted by Crippen LogP contribution is -2.28. The maximum atomic E-state index is 12.2. The van der Waals surface area contributed by atoms with Crippen molar-refractivity contribution >= 4 is 11.6 Å². The van der Waals surface area contributed by atoms with Crippen molar-refractivity contribution in [2.24, 2.45) is 0 Å². The third kappa shape index (κ3) is 5.41. The fourth-order valence-electron chi connectivity index (χ4n) is 2.51. The number of methoxy groups -OCH3 is 4. The van der Waals surface area contributed by atoms with E-state index in [4.69, 9.17) is 23.7 Å². The van der Waals surface area contributed by atoms with Crippen LogP contribution in [0.25, 0.3) is 0 Å². The van der Waals surface area contributed by atoms with Crippen LogP contribution in [-0.4, -0.2) is 45.9 Å². The Bertz CT molecular complexity index is 885. The molecule has 0 radical (unpaired) electrons. The topological polar surface area (TPSA) is 118 Å². The Morgan fingerprint density at radius 3 is 2.10 bits per heavy atom. The number of rotatable bonds is 10. The van der Waals surface area contributed by atoms with Gasteiger partial charge in [-0.15, -0.1) is 0 Å². The Kier molecular flexibility index (Phi) is 7.47. The monoisotopic (exact) mass is 406 g/mol. The number of carbonyl (C=O) groups excluding carboxylic acids is 1. The molecule has 0 aromatic heterocycles. The summed E-state index contributed by atoms with van der Waals surface area (Å²) < 4.78 is 26.3. The second-order valence-corrected chi connectivity index (χ2v) is 5.68. The SMILES string of the molecule is COc1cc(OC)c(OC)cc1CNC(=O)COc1cc([N+](=O)[O-])ccc1OC. The zero-order chi connectivity index (χ0) is 21.4. The molecule has 10 nitrogen and oxygen atoms in total. The molecule has 0 spiro atoms. The highest BCUT2D eigenvalue weighted by Gasteiger charge is 2.15. The summed E-state index contributed by atoms with van der Waals surface area (Å²) in [6.07, 6.45) is 0. The van der Waals surface area contributed by atoms with Crippen LogP contribution in [0.3, 0.4) is 0 Å². The van der Waals surface area contributed by atoms with Crippen molar-refractivity contribution in [3.05, 3.63) is 46.0 Å². The summed E-state index contributed by atoms with van der Waals surface area (Å²) in [5, 5.41) is 13.6. The highest BCUT2D eigenvalue weighted by atomic mass is 16.6. The molecule has 0 unspecified atom stereocenters. The van der Waals surface area contributed by atoms with Gasteiger partial charge in [-0.3, -0.25) is 14.9 Å². The van der Waals surface area contributed by atoms with E-state index in [0.29, 0.717) is 22.8 Å². The predicted octanol–water partition coefficient (Wildman–Crippen LogP) is 2.32. The van der Waals surface area contributed by atoms with E-state index >= 15 is 0 Å². The predicted molar refractivity (Wildman–Crippen MR) is 103 cm³/mol. The van der Waals surface area contributed by atoms with Crippen molar-refractivity contribution in [1.29, 1.82) is 0 Å². The van der Waals surface area contributed by atoms with Crippen LogP contribution in [0.1, 0.15) is 5.56 Å². The van der Waals surface area contributed by atoms with Crippen LogP contribution in [-0.2, 0) is 11.3 Å². The van der Waals surface area contributed by atoms with Crippen molar-refractivity contribution in [2.45, 2.75) is 6.54 Å². The molecule has 0 aliphatic rings. The minimum atomic E-state index is -0.560. The van der Waals surface area contributed by atoms with Crippen LogP contribution >= 0.6 is 0 Å². The van der Waals surface area contributed by atoms with Gasteiger partial charge in [-0.1, -0.05) is 0 Å². The molecule has 0 atom stereocenters. The molecule has 0 bridgehead atoms. The summed E-state index contributed by atoms with van der Waals surface area (Å²) >= 11 is 0. The second kappa shape index (κ2) is 10.0. The number of benzene rings is 2. The highest BCUT2D eigenvalue weighted by molar-refractivity contribution is 5.77. The quantitative estimate of drug-likeness (QED) is 0.472. The van der Waals surface area contributed by atoms with Gasteiger partial charge in [-0.25, -0.2) is 0 Å². The molecule has 0 saturated carbocycles. The van der Waals surface area contributed by atoms with Crippen LogP contribution in [0.15, 0.2) is 30.3 Å². The number of nitrogens with zero attached hydrogens (tertiary/aromatic N) is 1. The van der Waals surface area contributed by atoms with Crippen LogP contribution in [0, 0.1) is 10.1 Å². The number of nitro benzene ring substituents is 1. The Morgan fingerprint density at radius 2 is 1.52 bits per heavy atom. The van der Waals surface area contributed by atoms with Gasteiger partial charge in [-0.2, -0.15) is 0 Å². The molecular formula is C19H22N2O8. The fraction of sp³-hybridized carbons (Fsp3) is 0.316. The molecular weight excluding hydrogens is 384 g/mol. The van der Waals surface area contributed by atoms with E-state index in [1.807, 2.05) is 0 Å². The fourth-order valence-corrected chi connectivity index (χ4v) is 2.51. The van der Waals surface area contributed by atoms with Crippen molar-refractivity contribution < 1.29 is 33.4 Å². The van der Waals surface area contributed by atoms with Gasteiger partial charge in [0, 0.05) is 24.2 Å². The summed E-state index contributed by atoms with van der Waals surface area (Å²) in [6.45, 7) is -0.203. The van der Waals surface area contributed by atoms with Crippen LogP contribution in [0.4, 0.5) is 5.69 Å². The van der Waals surface area contributed by atoms with Crippen LogP contribution in [0.2, 0.25) is 0 Å². The van der Waals surface area contributed by atoms with Gasteiger partial charge in [-0.05, 0) is 12.1 Å². The summed E-state index contributed by atoms with van der Waals surface area (Å²) in [7, 11) is 5.92. The third-order valence-corrected chi connectivity index (χ3v) is 3.98. The average Bonchev–Trinajstić information content (AvgIpc) is 2.74. The van der Waals surface area contributed by atoms with Gasteiger partial charge >= 0.3 is 0 Å². The van der Waals surface area contributed by atoms with Gasteiger partial charge in [0.2, 0.25) is 0 Å². The van der Waals surface area contributed by atoms with Gasteiger partial charge in [0.15, 0.2) is 29.6 Å². The van der Waals surface area contributed by atoms with E-state index < -0.39 is 10.8 Å². The molecule has 0 saturated heterocycles. The van der Waals surface area contributed by atoms with Gasteiger partial charge in [0.1, 0.15) is 5.75 Å². The molecule has 29 heavy (non-hydrogen) atoms. The van der Waals surface area contributed by atoms with E-state index in [-0.39, 0.29) is 30.3 Å². The van der Waals surface area contributed by atoms with E-state index in [2.05, 4.69) is 5.32 Å². The lowest BCUT2D eigenvalue weighted by Gasteiger charge is -2.15. The number of ether oxygens (including phenoxy) is 5. The largest absolute Gasteiger partial charge is 0.496 e. The van der Waals surface area contributed by atoms with E-state index in [0.717, 1.165) is 0 Å². The normalized spacial score (nSPS) is 10.1. The first kappa shape index (κ1) is 21.6. The summed E-state index contributed by atoms with van der Waals surface area (Å²) in [5.74, 6) is 1.46. The van der Waals surface area contributed by atoms with E-state index in [9.17, 15) is 14.9 Å². The van der Waals surface area contributed by atoms with Gasteiger partial charge < -0.3 is 29.0 Å². The molecule has 1 N–H and O–H groups in total. The minimum Gasteiger partial charge on any atom is -0.496 e. The first-order valence-corrected chi connectivity index (χ1v) is 8.44. The lowest BCUT2D eigenvalue weighted by atomic mass is 10.1. The van der Waals surface area contributed by atoms with Crippen LogP contribution in [0.5, 0.6) is 28.7 Å². The molecule has 0 heterocycles. The number of nitrogens with one attached hydrogen (secondary N) is 1. The summed E-state index contributed by atoms with van der Waals surface area (Å²) in [4.78, 5) is 22.5. The number of amides is 1. The lowest BCUT2D eigenvalue weighted by molar-refractivity contribution is -0.385. The molecule has 2 aromatic rings. The summed E-state index contributed by atoms with van der Waals surface area (Å²) in [6, 6.07) is 7.24. The Balaban J connectivity index is 2.04. The van der Waals surface area contributed by atoms with Crippen molar-refractivity contribution in [1.82, 2.24) is 5.32 Å². The molecule has 0 aliphatic heterocycles. The third-order valence-electron chi connectivity index (χ3n) is 3.98. The molecule has 10 heteroatoms. The number of carbonyl (C=O) groups is 1. The Morgan fingerprint density at radius 1 is 0.897 bits per heavy atom. The van der Waals surface area contributed by atoms with Crippen LogP contribution < -0.4 is 29.0 Å². The molecule has 0 fully saturated rings. The van der Waals surface area contributed by atoms with E-state index in [1.165, 1.54) is 46.6 Å². The maximum Gasteiger partial charge on any atom is 0.273 e. The maximum absolute atomic E-state index is 12.2. The first-order valence-electron chi connectivity index (χ1n) is 8.44. The zero-order valence-corrected chi connectivity index (χ0v) is 16.5. The molecule has 0 aliphatic carbocycles. The first-order chi connectivity index (χ1) is 13.9. The Labute approximate surface area is 167 Å². The van der Waals surface area contributed by atoms with Crippen molar-refractivity contribution in [2.75, 3.05) is 35.0 Å². The number of nitro groups is 1. The van der Waals surface area contributed by atoms with Gasteiger partial charge in [0.25, 0.3) is 11.6 Å². The number of hydrogen-bond acceptors (Lipinski definition) is 8. The molecule has 2 rings (SSSR count). The molecule has 1 amide bonds. The summed E-state index contributed by atoms with van der Waals surface area (Å²) in [5.41, 5.74) is 0.503. The van der Waals surface area contributed by atoms with Gasteiger partial charge in [0.05, 0.1) is 39.4 Å². The van der Waals surface area contributed by atoms with E-state index in [1.54, 1.807) is 12.1 Å². The molecule has 2 aromatic carbocycles. The second-order valence-electron chi connectivity index (χ2n) is 5.68.